The first-order chi connectivity index (χ1) is 9.58. The van der Waals surface area contributed by atoms with Gasteiger partial charge < -0.3 is 20.1 Å². The van der Waals surface area contributed by atoms with Crippen molar-refractivity contribution < 1.29 is 14.3 Å². The molecule has 0 spiro atoms. The predicted octanol–water partition coefficient (Wildman–Crippen LogP) is 1.92. The molecule has 1 saturated heterocycles. The molecule has 1 aromatic rings. The van der Waals surface area contributed by atoms with Gasteiger partial charge in [0.1, 0.15) is 0 Å². The molecule has 20 heavy (non-hydrogen) atoms. The normalized spacial score (nSPS) is 22.6. The Balaban J connectivity index is 2.34. The molecule has 0 aliphatic carbocycles. The first-order valence-corrected chi connectivity index (χ1v) is 6.83. The summed E-state index contributed by atoms with van der Waals surface area (Å²) in [5, 5.41) is 0. The van der Waals surface area contributed by atoms with E-state index in [4.69, 9.17) is 15.2 Å². The molecule has 1 aliphatic rings. The van der Waals surface area contributed by atoms with Crippen molar-refractivity contribution in [1.29, 1.82) is 0 Å². The quantitative estimate of drug-likeness (QED) is 0.676. The molecule has 2 rings (SSSR count). The first-order valence-electron chi connectivity index (χ1n) is 6.83. The monoisotopic (exact) mass is 278 g/mol. The van der Waals surface area contributed by atoms with Crippen LogP contribution in [0.25, 0.3) is 0 Å². The standard InChI is InChI=1S/C15H22N2O3/c1-10-7-8-17(9-13(10)19-2)14-11(15(18)20-3)5-4-6-12(14)16/h4-6,10,13H,7-9,16H2,1-3H3. The smallest absolute Gasteiger partial charge is 0.340 e. The van der Waals surface area contributed by atoms with E-state index < -0.39 is 0 Å². The Labute approximate surface area is 119 Å². The molecule has 5 nitrogen and oxygen atoms in total. The maximum Gasteiger partial charge on any atom is 0.340 e. The Morgan fingerprint density at radius 2 is 2.15 bits per heavy atom. The Morgan fingerprint density at radius 1 is 1.40 bits per heavy atom. The minimum atomic E-state index is -0.361. The van der Waals surface area contributed by atoms with Gasteiger partial charge in [-0.05, 0) is 24.5 Å². The van der Waals surface area contributed by atoms with Crippen LogP contribution in [0.2, 0.25) is 0 Å². The van der Waals surface area contributed by atoms with Gasteiger partial charge in [0, 0.05) is 20.2 Å². The second kappa shape index (κ2) is 6.13. The third-order valence-electron chi connectivity index (χ3n) is 3.98. The molecule has 1 aromatic carbocycles. The molecule has 1 aliphatic heterocycles. The largest absolute Gasteiger partial charge is 0.465 e. The molecule has 2 N–H and O–H groups in total. The van der Waals surface area contributed by atoms with Crippen LogP contribution in [0, 0.1) is 5.92 Å². The number of nitrogen functional groups attached to an aromatic ring is 1. The number of nitrogens with two attached hydrogens (primary N) is 1. The van der Waals surface area contributed by atoms with Gasteiger partial charge in [-0.3, -0.25) is 0 Å². The third kappa shape index (κ3) is 2.72. The van der Waals surface area contributed by atoms with Gasteiger partial charge >= 0.3 is 5.97 Å². The molecule has 2 atom stereocenters. The van der Waals surface area contributed by atoms with E-state index in [1.807, 2.05) is 6.07 Å². The zero-order valence-electron chi connectivity index (χ0n) is 12.3. The maximum absolute atomic E-state index is 11.9. The Bertz CT molecular complexity index is 490. The van der Waals surface area contributed by atoms with Gasteiger partial charge in [-0.2, -0.15) is 0 Å². The van der Waals surface area contributed by atoms with E-state index in [0.29, 0.717) is 17.2 Å². The van der Waals surface area contributed by atoms with Crippen LogP contribution in [0.15, 0.2) is 18.2 Å². The van der Waals surface area contributed by atoms with Gasteiger partial charge in [0.15, 0.2) is 0 Å². The van der Waals surface area contributed by atoms with Crippen molar-refractivity contribution in [2.75, 3.05) is 37.9 Å². The summed E-state index contributed by atoms with van der Waals surface area (Å²) in [6.45, 7) is 3.77. The molecule has 0 radical (unpaired) electrons. The second-order valence-electron chi connectivity index (χ2n) is 5.22. The molecule has 2 unspecified atom stereocenters. The van der Waals surface area contributed by atoms with Crippen molar-refractivity contribution in [3.8, 4) is 0 Å². The highest BCUT2D eigenvalue weighted by Gasteiger charge is 2.29. The number of ether oxygens (including phenoxy) is 2. The Morgan fingerprint density at radius 3 is 2.80 bits per heavy atom. The van der Waals surface area contributed by atoms with Gasteiger partial charge in [0.05, 0.1) is 30.2 Å². The van der Waals surface area contributed by atoms with E-state index in [2.05, 4.69) is 11.8 Å². The summed E-state index contributed by atoms with van der Waals surface area (Å²) in [4.78, 5) is 14.0. The fourth-order valence-electron chi connectivity index (χ4n) is 2.73. The number of methoxy groups -OCH3 is 2. The van der Waals surface area contributed by atoms with Crippen LogP contribution in [0.4, 0.5) is 11.4 Å². The topological polar surface area (TPSA) is 64.8 Å². The summed E-state index contributed by atoms with van der Waals surface area (Å²) in [6, 6.07) is 5.32. The van der Waals surface area contributed by atoms with Crippen LogP contribution in [0.1, 0.15) is 23.7 Å². The maximum atomic E-state index is 11.9. The van der Waals surface area contributed by atoms with Crippen LogP contribution in [0.5, 0.6) is 0 Å². The summed E-state index contributed by atoms with van der Waals surface area (Å²) in [6.07, 6.45) is 1.15. The Kier molecular flexibility index (Phi) is 4.49. The zero-order chi connectivity index (χ0) is 14.7. The van der Waals surface area contributed by atoms with Crippen LogP contribution in [0.3, 0.4) is 0 Å². The fraction of sp³-hybridized carbons (Fsp3) is 0.533. The van der Waals surface area contributed by atoms with Crippen molar-refractivity contribution >= 4 is 17.3 Å². The molecule has 0 saturated carbocycles. The van der Waals surface area contributed by atoms with E-state index in [-0.39, 0.29) is 12.1 Å². The van der Waals surface area contributed by atoms with Crippen LogP contribution in [-0.2, 0) is 9.47 Å². The van der Waals surface area contributed by atoms with Gasteiger partial charge in [0.25, 0.3) is 0 Å². The number of anilines is 2. The lowest BCUT2D eigenvalue weighted by Gasteiger charge is -2.38. The van der Waals surface area contributed by atoms with Crippen molar-refractivity contribution in [3.63, 3.8) is 0 Å². The number of carbonyl (C=O) groups excluding carboxylic acids is 1. The minimum Gasteiger partial charge on any atom is -0.465 e. The lowest BCUT2D eigenvalue weighted by atomic mass is 9.94. The lowest BCUT2D eigenvalue weighted by Crippen LogP contribution is -2.44. The van der Waals surface area contributed by atoms with Gasteiger partial charge in [-0.15, -0.1) is 0 Å². The number of esters is 1. The molecule has 0 bridgehead atoms. The number of hydrogen-bond donors (Lipinski definition) is 1. The number of piperidine rings is 1. The summed E-state index contributed by atoms with van der Waals surface area (Å²) in [5.41, 5.74) is 7.94. The van der Waals surface area contributed by atoms with E-state index in [9.17, 15) is 4.79 Å². The van der Waals surface area contributed by atoms with E-state index in [1.54, 1.807) is 19.2 Å². The molecular formula is C15H22N2O3. The average molecular weight is 278 g/mol. The second-order valence-corrected chi connectivity index (χ2v) is 5.22. The number of para-hydroxylation sites is 1. The highest BCUT2D eigenvalue weighted by molar-refractivity contribution is 5.99. The van der Waals surface area contributed by atoms with Gasteiger partial charge in [-0.25, -0.2) is 4.79 Å². The van der Waals surface area contributed by atoms with Crippen LogP contribution in [-0.4, -0.2) is 39.4 Å². The van der Waals surface area contributed by atoms with Crippen molar-refractivity contribution in [2.24, 2.45) is 5.92 Å². The molecule has 5 heteroatoms. The number of hydrogen-bond acceptors (Lipinski definition) is 5. The van der Waals surface area contributed by atoms with E-state index in [1.165, 1.54) is 7.11 Å². The number of nitrogens with zero attached hydrogens (tertiary/aromatic N) is 1. The highest BCUT2D eigenvalue weighted by atomic mass is 16.5. The third-order valence-corrected chi connectivity index (χ3v) is 3.98. The predicted molar refractivity (Wildman–Crippen MR) is 79.0 cm³/mol. The highest BCUT2D eigenvalue weighted by Crippen LogP contribution is 2.32. The van der Waals surface area contributed by atoms with Crippen molar-refractivity contribution in [1.82, 2.24) is 0 Å². The fourth-order valence-corrected chi connectivity index (χ4v) is 2.73. The summed E-state index contributed by atoms with van der Waals surface area (Å²) in [5.74, 6) is 0.141. The molecule has 0 amide bonds. The summed E-state index contributed by atoms with van der Waals surface area (Å²) >= 11 is 0. The van der Waals surface area contributed by atoms with Crippen LogP contribution < -0.4 is 10.6 Å². The van der Waals surface area contributed by atoms with E-state index in [0.717, 1.165) is 25.2 Å². The summed E-state index contributed by atoms with van der Waals surface area (Å²) in [7, 11) is 3.10. The molecular weight excluding hydrogens is 256 g/mol. The summed E-state index contributed by atoms with van der Waals surface area (Å²) < 4.78 is 10.4. The number of benzene rings is 1. The molecule has 1 heterocycles. The molecule has 110 valence electrons. The Hall–Kier alpha value is -1.75. The van der Waals surface area contributed by atoms with E-state index >= 15 is 0 Å². The van der Waals surface area contributed by atoms with Crippen LogP contribution >= 0.6 is 0 Å². The number of carbonyl (C=O) groups is 1. The molecule has 1 fully saturated rings. The van der Waals surface area contributed by atoms with Gasteiger partial charge in [-0.1, -0.05) is 13.0 Å². The van der Waals surface area contributed by atoms with Gasteiger partial charge in [0.2, 0.25) is 0 Å². The number of rotatable bonds is 3. The first kappa shape index (κ1) is 14.7. The minimum absolute atomic E-state index is 0.147. The van der Waals surface area contributed by atoms with Crippen molar-refractivity contribution in [3.05, 3.63) is 23.8 Å². The lowest BCUT2D eigenvalue weighted by molar-refractivity contribution is 0.0494. The van der Waals surface area contributed by atoms with Crippen molar-refractivity contribution in [2.45, 2.75) is 19.4 Å². The molecule has 0 aromatic heterocycles. The SMILES string of the molecule is COC(=O)c1cccc(N)c1N1CCC(C)C(OC)C1. The average Bonchev–Trinajstić information content (AvgIpc) is 2.47. The zero-order valence-corrected chi connectivity index (χ0v) is 12.3.